The summed E-state index contributed by atoms with van der Waals surface area (Å²) in [5.74, 6) is -8.92. The molecule has 0 amide bonds. The molecule has 0 aliphatic carbocycles. The Hall–Kier alpha value is -2.54. The van der Waals surface area contributed by atoms with Gasteiger partial charge in [-0.3, -0.25) is 0 Å². The van der Waals surface area contributed by atoms with Crippen LogP contribution in [0.15, 0.2) is 48.6 Å². The average Bonchev–Trinajstić information content (AvgIpc) is 3.24. The number of hydrogen-bond donors (Lipinski definition) is 6. The van der Waals surface area contributed by atoms with Crippen LogP contribution in [0, 0.1) is 47.3 Å². The highest BCUT2D eigenvalue weighted by Crippen LogP contribution is 2.44. The van der Waals surface area contributed by atoms with Gasteiger partial charge in [0.1, 0.15) is 18.3 Å². The first-order valence-electron chi connectivity index (χ1n) is 23.5. The molecule has 0 saturated carbocycles. The molecule has 22 atom stereocenters. The summed E-state index contributed by atoms with van der Waals surface area (Å²) in [6, 6.07) is 0. The van der Waals surface area contributed by atoms with Gasteiger partial charge < -0.3 is 63.8 Å². The van der Waals surface area contributed by atoms with E-state index in [0.717, 1.165) is 6.42 Å². The van der Waals surface area contributed by atoms with Crippen molar-refractivity contribution in [3.05, 3.63) is 48.6 Å². The summed E-state index contributed by atoms with van der Waals surface area (Å²) in [6.07, 6.45) is 4.65. The average molecular weight is 909 g/mol. The van der Waals surface area contributed by atoms with Crippen LogP contribution >= 0.6 is 0 Å². The fraction of sp³-hybridized carbons (Fsp3) is 0.796. The van der Waals surface area contributed by atoms with Gasteiger partial charge in [0.2, 0.25) is 0 Å². The third-order valence-electron chi connectivity index (χ3n) is 14.8. The first-order valence-corrected chi connectivity index (χ1v) is 23.5. The fourth-order valence-electron chi connectivity index (χ4n) is 10.4. The van der Waals surface area contributed by atoms with E-state index < -0.39 is 120 Å². The molecule has 4 heterocycles. The normalized spacial score (nSPS) is 42.2. The molecule has 4 rings (SSSR count). The van der Waals surface area contributed by atoms with Gasteiger partial charge in [0.25, 0.3) is 0 Å². The van der Waals surface area contributed by atoms with Crippen molar-refractivity contribution in [3.8, 4) is 0 Å². The molecule has 4 aliphatic rings. The van der Waals surface area contributed by atoms with Gasteiger partial charge >= 0.3 is 11.9 Å². The molecule has 4 aliphatic heterocycles. The summed E-state index contributed by atoms with van der Waals surface area (Å²) < 4.78 is 42.4. The zero-order valence-corrected chi connectivity index (χ0v) is 40.1. The number of hydrogen-bond acceptors (Lipinski definition) is 15. The predicted octanol–water partition coefficient (Wildman–Crippen LogP) is 4.89. The summed E-state index contributed by atoms with van der Waals surface area (Å²) in [5, 5.41) is 68.1. The van der Waals surface area contributed by atoms with Crippen LogP contribution in [-0.4, -0.2) is 135 Å². The third kappa shape index (κ3) is 12.9. The summed E-state index contributed by atoms with van der Waals surface area (Å²) in [7, 11) is 1.61. The zero-order valence-electron chi connectivity index (χ0n) is 40.1. The van der Waals surface area contributed by atoms with Crippen molar-refractivity contribution < 1.29 is 73.4 Å². The molecule has 366 valence electrons. The molecule has 0 radical (unpaired) electrons. The van der Waals surface area contributed by atoms with Gasteiger partial charge in [-0.2, -0.15) is 0 Å². The first kappa shape index (κ1) is 54.1. The Bertz CT molecular complexity index is 1610. The Morgan fingerprint density at radius 3 is 1.52 bits per heavy atom. The third-order valence-corrected chi connectivity index (χ3v) is 14.8. The molecule has 6 N–H and O–H groups in total. The minimum absolute atomic E-state index is 0.0102. The van der Waals surface area contributed by atoms with Crippen LogP contribution in [0.4, 0.5) is 0 Å². The lowest BCUT2D eigenvalue weighted by atomic mass is 9.76. The van der Waals surface area contributed by atoms with Crippen LogP contribution in [0.3, 0.4) is 0 Å². The molecule has 0 spiro atoms. The van der Waals surface area contributed by atoms with Crippen molar-refractivity contribution >= 4 is 11.9 Å². The van der Waals surface area contributed by atoms with E-state index in [1.807, 2.05) is 41.5 Å². The Balaban J connectivity index is 1.50. The second-order valence-corrected chi connectivity index (χ2v) is 19.2. The number of rotatable bonds is 13. The van der Waals surface area contributed by atoms with Gasteiger partial charge in [-0.15, -0.1) is 0 Å². The van der Waals surface area contributed by atoms with Crippen molar-refractivity contribution in [2.24, 2.45) is 47.3 Å². The SMILES string of the molecule is CC[C@@H]1[C@@H](C)O[C@@](O)([C@@H](C)[C@H](O)[C@H](C)[C@H]2OC(=O)C=CC=C[C@H](C)[C@@H]([C@@H](C)[C@@H](O)[C@H](C)[C@@]3(O)C[C@@H](O[C@H]4C[C@H](O)[C@H](O)[C@H](C)O4)[C@H](CC)[C@@H](C)O3)OC(=O)C=CC=C[C@@H]2C)C[C@H]1OC. The van der Waals surface area contributed by atoms with E-state index in [1.54, 1.807) is 66.0 Å². The molecule has 64 heavy (non-hydrogen) atoms. The fourth-order valence-corrected chi connectivity index (χ4v) is 10.4. The Labute approximate surface area is 380 Å². The van der Waals surface area contributed by atoms with Crippen LogP contribution in [0.25, 0.3) is 0 Å². The van der Waals surface area contributed by atoms with Gasteiger partial charge in [0, 0.05) is 85.9 Å². The van der Waals surface area contributed by atoms with Gasteiger partial charge in [-0.05, 0) is 33.6 Å². The van der Waals surface area contributed by atoms with Gasteiger partial charge in [-0.1, -0.05) is 91.8 Å². The van der Waals surface area contributed by atoms with Crippen molar-refractivity contribution in [2.45, 2.75) is 193 Å². The smallest absolute Gasteiger partial charge is 0.331 e. The van der Waals surface area contributed by atoms with Crippen molar-refractivity contribution in [2.75, 3.05) is 7.11 Å². The number of aliphatic hydroxyl groups excluding tert-OH is 4. The van der Waals surface area contributed by atoms with E-state index in [-0.39, 0.29) is 43.3 Å². The summed E-state index contributed by atoms with van der Waals surface area (Å²) in [5.41, 5.74) is 0. The van der Waals surface area contributed by atoms with Gasteiger partial charge in [0.05, 0.1) is 48.8 Å². The number of carbonyl (C=O) groups is 2. The molecule has 0 aromatic heterocycles. The standard InChI is InChI=1S/C49H80O15/c1-13-35-32(9)63-48(56,24-38(35)58-12)30(7)43(53)28(5)46-26(3)19-15-17-22-41(52)62-47(27(4)20-16-18-21-40(51)61-46)29(6)44(54)31(8)49(57)25-39(36(14-2)33(10)64-49)60-42-23-37(50)45(55)34(11)59-42/h15-22,26-39,42-47,50,53-57H,13-14,23-25H2,1-12H3/t26-,27-,28-,29-,30-,31-,32+,33+,34-,35+,36+,37-,38+,39+,42-,43+,44+,45+,46-,47-,48+,49+/m0/s1. The number of ether oxygens (including phenoxy) is 7. The highest BCUT2D eigenvalue weighted by atomic mass is 16.7. The van der Waals surface area contributed by atoms with E-state index in [9.17, 15) is 40.2 Å². The quantitative estimate of drug-likeness (QED) is 0.136. The number of carbonyl (C=O) groups excluding carboxylic acids is 2. The molecule has 15 nitrogen and oxygen atoms in total. The molecule has 15 heteroatoms. The maximum Gasteiger partial charge on any atom is 0.331 e. The largest absolute Gasteiger partial charge is 0.458 e. The lowest BCUT2D eigenvalue weighted by Gasteiger charge is -2.50. The van der Waals surface area contributed by atoms with Crippen molar-refractivity contribution in [1.29, 1.82) is 0 Å². The molecule has 3 fully saturated rings. The van der Waals surface area contributed by atoms with Gasteiger partial charge in [0.15, 0.2) is 17.9 Å². The molecule has 0 unspecified atom stereocenters. The lowest BCUT2D eigenvalue weighted by Crippen LogP contribution is -2.59. The maximum atomic E-state index is 13.4. The Morgan fingerprint density at radius 1 is 0.688 bits per heavy atom. The van der Waals surface area contributed by atoms with E-state index in [1.165, 1.54) is 24.3 Å². The van der Waals surface area contributed by atoms with Crippen LogP contribution in [0.1, 0.15) is 108 Å². The van der Waals surface area contributed by atoms with Crippen LogP contribution in [0.5, 0.6) is 0 Å². The van der Waals surface area contributed by atoms with Crippen molar-refractivity contribution in [3.63, 3.8) is 0 Å². The summed E-state index contributed by atoms with van der Waals surface area (Å²) in [6.45, 7) is 19.9. The number of methoxy groups -OCH3 is 1. The van der Waals surface area contributed by atoms with Crippen molar-refractivity contribution in [1.82, 2.24) is 0 Å². The van der Waals surface area contributed by atoms with E-state index in [0.29, 0.717) is 6.42 Å². The highest BCUT2D eigenvalue weighted by Gasteiger charge is 2.53. The molecular formula is C49H80O15. The van der Waals surface area contributed by atoms with E-state index in [4.69, 9.17) is 33.2 Å². The number of esters is 2. The molecule has 0 bridgehead atoms. The second-order valence-electron chi connectivity index (χ2n) is 19.2. The number of aliphatic hydroxyl groups is 6. The zero-order chi connectivity index (χ0) is 47.8. The predicted molar refractivity (Wildman–Crippen MR) is 238 cm³/mol. The molecular weight excluding hydrogens is 829 g/mol. The minimum Gasteiger partial charge on any atom is -0.458 e. The molecule has 0 aromatic rings. The number of allylic oxidation sites excluding steroid dienone is 4. The molecule has 3 saturated heterocycles. The topological polar surface area (TPSA) is 220 Å². The number of cyclic esters (lactones) is 2. The van der Waals surface area contributed by atoms with Crippen LogP contribution in [-0.2, 0) is 42.7 Å². The lowest BCUT2D eigenvalue weighted by molar-refractivity contribution is -0.344. The Kier molecular flexibility index (Phi) is 19.8. The summed E-state index contributed by atoms with van der Waals surface area (Å²) in [4.78, 5) is 26.7. The first-order chi connectivity index (χ1) is 30.0. The summed E-state index contributed by atoms with van der Waals surface area (Å²) >= 11 is 0. The van der Waals surface area contributed by atoms with E-state index in [2.05, 4.69) is 0 Å². The highest BCUT2D eigenvalue weighted by molar-refractivity contribution is 5.83. The Morgan fingerprint density at radius 2 is 1.11 bits per heavy atom. The molecule has 0 aromatic carbocycles. The minimum atomic E-state index is -1.86. The second kappa shape index (κ2) is 23.5. The van der Waals surface area contributed by atoms with Crippen LogP contribution < -0.4 is 0 Å². The van der Waals surface area contributed by atoms with Gasteiger partial charge in [-0.25, -0.2) is 9.59 Å². The maximum absolute atomic E-state index is 13.4. The monoisotopic (exact) mass is 909 g/mol. The van der Waals surface area contributed by atoms with Crippen LogP contribution in [0.2, 0.25) is 0 Å². The van der Waals surface area contributed by atoms with E-state index >= 15 is 0 Å².